The highest BCUT2D eigenvalue weighted by molar-refractivity contribution is 5.96. The fourth-order valence-corrected chi connectivity index (χ4v) is 1.16. The minimum atomic E-state index is -0.302. The summed E-state index contributed by atoms with van der Waals surface area (Å²) in [5.74, 6) is -0.264. The van der Waals surface area contributed by atoms with Gasteiger partial charge in [-0.15, -0.1) is 0 Å². The van der Waals surface area contributed by atoms with Gasteiger partial charge in [0.05, 0.1) is 0 Å². The van der Waals surface area contributed by atoms with E-state index in [-0.39, 0.29) is 23.5 Å². The van der Waals surface area contributed by atoms with Gasteiger partial charge in [0.25, 0.3) is 5.91 Å². The van der Waals surface area contributed by atoms with Crippen LogP contribution < -0.4 is 11.1 Å². The maximum atomic E-state index is 11.4. The highest BCUT2D eigenvalue weighted by Crippen LogP contribution is 2.18. The molecule has 0 aromatic carbocycles. The van der Waals surface area contributed by atoms with E-state index in [0.29, 0.717) is 0 Å². The Morgan fingerprint density at radius 1 is 1.54 bits per heavy atom. The molecule has 0 radical (unpaired) electrons. The Morgan fingerprint density at radius 3 is 2.77 bits per heavy atom. The van der Waals surface area contributed by atoms with Crippen molar-refractivity contribution in [3.63, 3.8) is 0 Å². The van der Waals surface area contributed by atoms with Crippen LogP contribution in [-0.4, -0.2) is 22.3 Å². The number of nitrogen functional groups attached to an aromatic ring is 1. The lowest BCUT2D eigenvalue weighted by Gasteiger charge is -2.25. The molecule has 0 bridgehead atoms. The van der Waals surface area contributed by atoms with E-state index in [2.05, 4.69) is 20.3 Å². The monoisotopic (exact) mass is 182 g/mol. The fourth-order valence-electron chi connectivity index (χ4n) is 1.16. The zero-order valence-electron chi connectivity index (χ0n) is 6.99. The summed E-state index contributed by atoms with van der Waals surface area (Å²) in [6.45, 7) is 0. The highest BCUT2D eigenvalue weighted by Gasteiger charge is 2.23. The fraction of sp³-hybridized carbons (Fsp3) is 0.571. The average Bonchev–Trinajstić information content (AvgIpc) is 2.43. The first-order valence-corrected chi connectivity index (χ1v) is 4.16. The number of nitrogens with zero attached hydrogens (tertiary/aromatic N) is 2. The van der Waals surface area contributed by atoms with Crippen molar-refractivity contribution in [2.75, 3.05) is 5.73 Å². The number of carbonyl (C=O) groups excluding carboxylic acids is 1. The van der Waals surface area contributed by atoms with Gasteiger partial charge in [0.15, 0.2) is 0 Å². The Labute approximate surface area is 74.4 Å². The molecule has 0 spiro atoms. The van der Waals surface area contributed by atoms with Gasteiger partial charge in [0.1, 0.15) is 0 Å². The molecule has 6 heteroatoms. The molecule has 70 valence electrons. The second-order valence-electron chi connectivity index (χ2n) is 3.10. The quantitative estimate of drug-likeness (QED) is 0.667. The molecule has 13 heavy (non-hydrogen) atoms. The van der Waals surface area contributed by atoms with Gasteiger partial charge in [-0.3, -0.25) is 4.79 Å². The number of hydrogen-bond acceptors (Lipinski definition) is 5. The standard InChI is InChI=1S/C7H10N4O2/c8-6-5(10-13-11-6)7(12)9-4-2-1-3-4/h4H,1-3H2,(H2,8,11)(H,9,12). The van der Waals surface area contributed by atoms with Crippen LogP contribution in [0.25, 0.3) is 0 Å². The van der Waals surface area contributed by atoms with Crippen LogP contribution >= 0.6 is 0 Å². The van der Waals surface area contributed by atoms with Crippen molar-refractivity contribution < 1.29 is 9.42 Å². The third kappa shape index (κ3) is 1.47. The molecule has 6 nitrogen and oxygen atoms in total. The van der Waals surface area contributed by atoms with E-state index < -0.39 is 0 Å². The van der Waals surface area contributed by atoms with Gasteiger partial charge in [-0.05, 0) is 29.6 Å². The van der Waals surface area contributed by atoms with Crippen molar-refractivity contribution in [2.45, 2.75) is 25.3 Å². The van der Waals surface area contributed by atoms with Crippen LogP contribution in [0.2, 0.25) is 0 Å². The van der Waals surface area contributed by atoms with Crippen LogP contribution in [0.5, 0.6) is 0 Å². The largest absolute Gasteiger partial charge is 0.379 e. The third-order valence-corrected chi connectivity index (χ3v) is 2.17. The molecular formula is C7H10N4O2. The summed E-state index contributed by atoms with van der Waals surface area (Å²) in [5.41, 5.74) is 5.42. The van der Waals surface area contributed by atoms with Gasteiger partial charge < -0.3 is 11.1 Å². The predicted octanol–water partition coefficient (Wildman–Crippen LogP) is -0.0659. The Morgan fingerprint density at radius 2 is 2.31 bits per heavy atom. The number of carbonyl (C=O) groups is 1. The van der Waals surface area contributed by atoms with Gasteiger partial charge >= 0.3 is 0 Å². The maximum Gasteiger partial charge on any atom is 0.277 e. The second-order valence-corrected chi connectivity index (χ2v) is 3.10. The molecule has 1 aliphatic carbocycles. The normalized spacial score (nSPS) is 16.6. The molecule has 1 heterocycles. The number of anilines is 1. The Bertz CT molecular complexity index is 318. The Kier molecular flexibility index (Phi) is 1.88. The molecule has 0 unspecified atom stereocenters. The van der Waals surface area contributed by atoms with Crippen molar-refractivity contribution in [2.24, 2.45) is 0 Å². The summed E-state index contributed by atoms with van der Waals surface area (Å²) in [7, 11) is 0. The highest BCUT2D eigenvalue weighted by atomic mass is 16.6. The smallest absolute Gasteiger partial charge is 0.277 e. The van der Waals surface area contributed by atoms with E-state index in [9.17, 15) is 4.79 Å². The summed E-state index contributed by atoms with van der Waals surface area (Å²) >= 11 is 0. The summed E-state index contributed by atoms with van der Waals surface area (Å²) in [4.78, 5) is 11.4. The number of nitrogens with two attached hydrogens (primary N) is 1. The molecule has 1 aromatic heterocycles. The lowest BCUT2D eigenvalue weighted by molar-refractivity contribution is 0.0907. The predicted molar refractivity (Wildman–Crippen MR) is 43.8 cm³/mol. The minimum absolute atomic E-state index is 0.0387. The van der Waals surface area contributed by atoms with E-state index in [4.69, 9.17) is 5.73 Å². The van der Waals surface area contributed by atoms with E-state index in [0.717, 1.165) is 19.3 Å². The summed E-state index contributed by atoms with van der Waals surface area (Å²) in [6.07, 6.45) is 3.21. The number of hydrogen-bond donors (Lipinski definition) is 2. The van der Waals surface area contributed by atoms with Crippen molar-refractivity contribution in [1.29, 1.82) is 0 Å². The van der Waals surface area contributed by atoms with E-state index in [1.165, 1.54) is 0 Å². The molecule has 0 aliphatic heterocycles. The van der Waals surface area contributed by atoms with Crippen molar-refractivity contribution in [3.8, 4) is 0 Å². The first-order valence-electron chi connectivity index (χ1n) is 4.16. The number of rotatable bonds is 2. The molecule has 1 aliphatic rings. The summed E-state index contributed by atoms with van der Waals surface area (Å²) in [6, 6.07) is 0.267. The van der Waals surface area contributed by atoms with Crippen LogP contribution in [0.4, 0.5) is 5.82 Å². The van der Waals surface area contributed by atoms with Gasteiger partial charge in [-0.2, -0.15) is 0 Å². The lowest BCUT2D eigenvalue weighted by Crippen LogP contribution is -2.39. The minimum Gasteiger partial charge on any atom is -0.379 e. The van der Waals surface area contributed by atoms with Crippen molar-refractivity contribution >= 4 is 11.7 Å². The van der Waals surface area contributed by atoms with Crippen LogP contribution in [0, 0.1) is 0 Å². The molecule has 1 fully saturated rings. The molecular weight excluding hydrogens is 172 g/mol. The van der Waals surface area contributed by atoms with Gasteiger partial charge in [-0.25, -0.2) is 4.63 Å². The topological polar surface area (TPSA) is 94.0 Å². The third-order valence-electron chi connectivity index (χ3n) is 2.17. The van der Waals surface area contributed by atoms with Crippen LogP contribution in [-0.2, 0) is 0 Å². The van der Waals surface area contributed by atoms with Crippen LogP contribution in [0.1, 0.15) is 29.8 Å². The Balaban J connectivity index is 2.00. The van der Waals surface area contributed by atoms with Crippen LogP contribution in [0.15, 0.2) is 4.63 Å². The van der Waals surface area contributed by atoms with Crippen molar-refractivity contribution in [1.82, 2.24) is 15.6 Å². The lowest BCUT2D eigenvalue weighted by atomic mass is 9.93. The molecule has 1 amide bonds. The van der Waals surface area contributed by atoms with Gasteiger partial charge in [-0.1, -0.05) is 0 Å². The molecule has 2 rings (SSSR count). The number of nitrogens with one attached hydrogen (secondary N) is 1. The SMILES string of the molecule is Nc1nonc1C(=O)NC1CCC1. The van der Waals surface area contributed by atoms with Gasteiger partial charge in [0.2, 0.25) is 11.5 Å². The van der Waals surface area contributed by atoms with E-state index in [1.54, 1.807) is 0 Å². The summed E-state index contributed by atoms with van der Waals surface area (Å²) < 4.78 is 4.31. The first-order chi connectivity index (χ1) is 6.27. The molecule has 0 saturated heterocycles. The van der Waals surface area contributed by atoms with Gasteiger partial charge in [0, 0.05) is 6.04 Å². The zero-order valence-corrected chi connectivity index (χ0v) is 6.99. The maximum absolute atomic E-state index is 11.4. The Hall–Kier alpha value is -1.59. The summed E-state index contributed by atoms with van der Waals surface area (Å²) in [5, 5.41) is 9.50. The zero-order chi connectivity index (χ0) is 9.26. The van der Waals surface area contributed by atoms with E-state index in [1.807, 2.05) is 0 Å². The van der Waals surface area contributed by atoms with E-state index >= 15 is 0 Å². The molecule has 1 saturated carbocycles. The van der Waals surface area contributed by atoms with Crippen molar-refractivity contribution in [3.05, 3.63) is 5.69 Å². The average molecular weight is 182 g/mol. The second kappa shape index (κ2) is 3.04. The molecule has 3 N–H and O–H groups in total. The molecule has 1 aromatic rings. The van der Waals surface area contributed by atoms with Crippen LogP contribution in [0.3, 0.4) is 0 Å². The number of amides is 1. The molecule has 0 atom stereocenters. The first kappa shape index (κ1) is 8.03. The number of aromatic nitrogens is 2.